The normalized spacial score (nSPS) is 16.4. The van der Waals surface area contributed by atoms with Crippen molar-refractivity contribution in [3.05, 3.63) is 41.5 Å². The van der Waals surface area contributed by atoms with Crippen molar-refractivity contribution in [2.45, 2.75) is 19.3 Å². The smallest absolute Gasteiger partial charge is 0.137 e. The minimum Gasteiger partial charge on any atom is -0.299 e. The van der Waals surface area contributed by atoms with Gasteiger partial charge in [-0.3, -0.25) is 4.79 Å². The second kappa shape index (κ2) is 3.93. The summed E-state index contributed by atoms with van der Waals surface area (Å²) in [5, 5.41) is 0. The highest BCUT2D eigenvalue weighted by Crippen LogP contribution is 2.26. The molecule has 3 heteroatoms. The Balaban J connectivity index is 2.33. The molecule has 0 heterocycles. The lowest BCUT2D eigenvalue weighted by Crippen LogP contribution is -2.03. The highest BCUT2D eigenvalue weighted by Gasteiger charge is 2.13. The first kappa shape index (κ1) is 10.0. The van der Waals surface area contributed by atoms with Crippen LogP contribution in [0.15, 0.2) is 24.3 Å². The molecule has 0 saturated carbocycles. The number of ketones is 1. The third kappa shape index (κ3) is 2.29. The maximum absolute atomic E-state index is 12.9. The Hall–Kier alpha value is -1.51. The minimum atomic E-state index is -0.581. The van der Waals surface area contributed by atoms with Crippen LogP contribution in [0.3, 0.4) is 0 Å². The quantitative estimate of drug-likeness (QED) is 0.693. The van der Waals surface area contributed by atoms with Crippen LogP contribution in [0.5, 0.6) is 0 Å². The molecule has 0 saturated heterocycles. The van der Waals surface area contributed by atoms with Gasteiger partial charge in [0.25, 0.3) is 0 Å². The van der Waals surface area contributed by atoms with Gasteiger partial charge in [-0.05, 0) is 29.7 Å². The van der Waals surface area contributed by atoms with Gasteiger partial charge in [0.1, 0.15) is 17.4 Å². The van der Waals surface area contributed by atoms with Gasteiger partial charge in [-0.15, -0.1) is 0 Å². The van der Waals surface area contributed by atoms with Gasteiger partial charge in [0.05, 0.1) is 0 Å². The van der Waals surface area contributed by atoms with Crippen LogP contribution < -0.4 is 0 Å². The molecule has 78 valence electrons. The molecule has 0 fully saturated rings. The van der Waals surface area contributed by atoms with E-state index in [1.165, 1.54) is 12.1 Å². The summed E-state index contributed by atoms with van der Waals surface area (Å²) >= 11 is 0. The molecule has 2 rings (SSSR count). The van der Waals surface area contributed by atoms with Crippen LogP contribution in [-0.4, -0.2) is 5.78 Å². The molecule has 1 aliphatic carbocycles. The molecular weight excluding hydrogens is 198 g/mol. The fourth-order valence-electron chi connectivity index (χ4n) is 1.72. The van der Waals surface area contributed by atoms with Gasteiger partial charge < -0.3 is 0 Å². The molecule has 0 aliphatic heterocycles. The van der Waals surface area contributed by atoms with Crippen LogP contribution in [0.1, 0.15) is 24.8 Å². The first-order valence-electron chi connectivity index (χ1n) is 4.82. The molecule has 1 aliphatic rings. The summed E-state index contributed by atoms with van der Waals surface area (Å²) in [6.07, 6.45) is 3.15. The Morgan fingerprint density at radius 2 is 1.67 bits per heavy atom. The van der Waals surface area contributed by atoms with E-state index in [0.717, 1.165) is 11.6 Å². The van der Waals surface area contributed by atoms with Gasteiger partial charge in [-0.1, -0.05) is 6.08 Å². The predicted octanol–water partition coefficient (Wildman–Crippen LogP) is 3.10. The van der Waals surface area contributed by atoms with E-state index < -0.39 is 11.6 Å². The van der Waals surface area contributed by atoms with Crippen LogP contribution in [0.25, 0.3) is 5.57 Å². The Morgan fingerprint density at radius 3 is 2.20 bits per heavy atom. The van der Waals surface area contributed by atoms with E-state index in [9.17, 15) is 13.6 Å². The fraction of sp³-hybridized carbons (Fsp3) is 0.250. The highest BCUT2D eigenvalue weighted by molar-refractivity contribution is 5.86. The van der Waals surface area contributed by atoms with E-state index >= 15 is 0 Å². The number of allylic oxidation sites excluding steroid dienone is 2. The molecule has 15 heavy (non-hydrogen) atoms. The van der Waals surface area contributed by atoms with Crippen molar-refractivity contribution in [1.82, 2.24) is 0 Å². The van der Waals surface area contributed by atoms with Crippen LogP contribution in [0, 0.1) is 11.6 Å². The van der Waals surface area contributed by atoms with Crippen molar-refractivity contribution in [3.8, 4) is 0 Å². The molecule has 1 aromatic rings. The SMILES string of the molecule is O=C1CC=C(c2cc(F)cc(F)c2)CC1. The molecule has 1 aromatic carbocycles. The first-order chi connectivity index (χ1) is 7.15. The van der Waals surface area contributed by atoms with Gasteiger partial charge >= 0.3 is 0 Å². The number of benzene rings is 1. The lowest BCUT2D eigenvalue weighted by atomic mass is 9.93. The molecule has 0 N–H and O–H groups in total. The number of carbonyl (C=O) groups excluding carboxylic acids is 1. The maximum Gasteiger partial charge on any atom is 0.137 e. The zero-order valence-electron chi connectivity index (χ0n) is 8.09. The molecule has 0 radical (unpaired) electrons. The van der Waals surface area contributed by atoms with Gasteiger partial charge in [-0.25, -0.2) is 8.78 Å². The van der Waals surface area contributed by atoms with Gasteiger partial charge in [0.2, 0.25) is 0 Å². The molecule has 0 atom stereocenters. The number of hydrogen-bond donors (Lipinski definition) is 0. The molecule has 1 nitrogen and oxygen atoms in total. The average molecular weight is 208 g/mol. The number of halogens is 2. The van der Waals surface area contributed by atoms with Crippen LogP contribution in [-0.2, 0) is 4.79 Å². The number of rotatable bonds is 1. The number of hydrogen-bond acceptors (Lipinski definition) is 1. The first-order valence-corrected chi connectivity index (χ1v) is 4.82. The average Bonchev–Trinajstić information content (AvgIpc) is 2.17. The van der Waals surface area contributed by atoms with E-state index in [-0.39, 0.29) is 5.78 Å². The molecule has 0 aromatic heterocycles. The van der Waals surface area contributed by atoms with Crippen molar-refractivity contribution >= 4 is 11.4 Å². The molecule has 0 bridgehead atoms. The van der Waals surface area contributed by atoms with E-state index in [1.807, 2.05) is 0 Å². The molecule has 0 unspecified atom stereocenters. The Kier molecular flexibility index (Phi) is 2.62. The maximum atomic E-state index is 12.9. The highest BCUT2D eigenvalue weighted by atomic mass is 19.1. The van der Waals surface area contributed by atoms with Crippen LogP contribution in [0.4, 0.5) is 8.78 Å². The fourth-order valence-corrected chi connectivity index (χ4v) is 1.72. The monoisotopic (exact) mass is 208 g/mol. The molecular formula is C12H10F2O. The zero-order valence-corrected chi connectivity index (χ0v) is 8.09. The second-order valence-electron chi connectivity index (χ2n) is 3.63. The zero-order chi connectivity index (χ0) is 10.8. The van der Waals surface area contributed by atoms with Crippen molar-refractivity contribution in [1.29, 1.82) is 0 Å². The predicted molar refractivity (Wildman–Crippen MR) is 53.2 cm³/mol. The van der Waals surface area contributed by atoms with Crippen molar-refractivity contribution < 1.29 is 13.6 Å². The Bertz CT molecular complexity index is 415. The summed E-state index contributed by atoms with van der Waals surface area (Å²) < 4.78 is 25.9. The molecule has 0 spiro atoms. The number of carbonyl (C=O) groups is 1. The van der Waals surface area contributed by atoms with E-state index in [0.29, 0.717) is 24.8 Å². The summed E-state index contributed by atoms with van der Waals surface area (Å²) in [5.74, 6) is -0.985. The summed E-state index contributed by atoms with van der Waals surface area (Å²) in [6.45, 7) is 0. The standard InChI is InChI=1S/C12H10F2O/c13-10-5-9(6-11(14)7-10)8-1-3-12(15)4-2-8/h1,5-7H,2-4H2. The Morgan fingerprint density at radius 1 is 1.00 bits per heavy atom. The van der Waals surface area contributed by atoms with Gasteiger partial charge in [0.15, 0.2) is 0 Å². The van der Waals surface area contributed by atoms with Gasteiger partial charge in [0, 0.05) is 18.9 Å². The van der Waals surface area contributed by atoms with Crippen molar-refractivity contribution in [2.75, 3.05) is 0 Å². The Labute approximate surface area is 86.4 Å². The van der Waals surface area contributed by atoms with Crippen molar-refractivity contribution in [2.24, 2.45) is 0 Å². The van der Waals surface area contributed by atoms with Crippen LogP contribution in [0.2, 0.25) is 0 Å². The van der Waals surface area contributed by atoms with Gasteiger partial charge in [-0.2, -0.15) is 0 Å². The largest absolute Gasteiger partial charge is 0.299 e. The van der Waals surface area contributed by atoms with E-state index in [2.05, 4.69) is 0 Å². The van der Waals surface area contributed by atoms with E-state index in [4.69, 9.17) is 0 Å². The summed E-state index contributed by atoms with van der Waals surface area (Å²) in [5.41, 5.74) is 1.40. The summed E-state index contributed by atoms with van der Waals surface area (Å²) in [6, 6.07) is 3.44. The third-order valence-electron chi connectivity index (χ3n) is 2.48. The third-order valence-corrected chi connectivity index (χ3v) is 2.48. The number of Topliss-reactive ketones (excluding diaryl/α,β-unsaturated/α-hetero) is 1. The topological polar surface area (TPSA) is 17.1 Å². The summed E-state index contributed by atoms with van der Waals surface area (Å²) in [7, 11) is 0. The van der Waals surface area contributed by atoms with Crippen molar-refractivity contribution in [3.63, 3.8) is 0 Å². The molecule has 0 amide bonds. The van der Waals surface area contributed by atoms with Crippen LogP contribution >= 0.6 is 0 Å². The minimum absolute atomic E-state index is 0.177. The lowest BCUT2D eigenvalue weighted by Gasteiger charge is -2.12. The summed E-state index contributed by atoms with van der Waals surface area (Å²) in [4.78, 5) is 11.0. The lowest BCUT2D eigenvalue weighted by molar-refractivity contribution is -0.118. The van der Waals surface area contributed by atoms with E-state index in [1.54, 1.807) is 6.08 Å². The second-order valence-corrected chi connectivity index (χ2v) is 3.63.